The van der Waals surface area contributed by atoms with Gasteiger partial charge in [-0.25, -0.2) is 51.7 Å². The lowest BCUT2D eigenvalue weighted by Gasteiger charge is -2.39. The van der Waals surface area contributed by atoms with E-state index in [2.05, 4.69) is 131 Å². The third kappa shape index (κ3) is 24.1. The number of aliphatic hydroxyl groups excluding tert-OH is 4. The number of nitrogens with two attached hydrogens (primary N) is 6. The van der Waals surface area contributed by atoms with Crippen LogP contribution in [0.4, 0.5) is 74.2 Å². The monoisotopic (exact) mass is 1970 g/mol. The summed E-state index contributed by atoms with van der Waals surface area (Å²) in [5.74, 6) is 2.73. The number of aromatic nitrogens is 12. The van der Waals surface area contributed by atoms with Gasteiger partial charge in [0.05, 0.1) is 246 Å². The predicted molar refractivity (Wildman–Crippen MR) is 577 cm³/mol. The second kappa shape index (κ2) is 45.2. The zero-order valence-corrected chi connectivity index (χ0v) is 82.0. The molecule has 40 heteroatoms. The van der Waals surface area contributed by atoms with Gasteiger partial charge in [0.1, 0.15) is 49.3 Å². The highest BCUT2D eigenvalue weighted by Gasteiger charge is 2.33. The zero-order chi connectivity index (χ0) is 102. The number of likely N-dealkylation sites (N-methyl/N-ethyl adjacent to an activating group) is 2. The number of aliphatic imine (C=N–C) groups is 5. The maximum absolute atomic E-state index is 9.22. The van der Waals surface area contributed by atoms with Crippen LogP contribution in [0, 0.1) is 16.2 Å². The van der Waals surface area contributed by atoms with Gasteiger partial charge in [-0.05, 0) is 200 Å². The van der Waals surface area contributed by atoms with Gasteiger partial charge in [-0.1, -0.05) is 42.5 Å². The number of ether oxygens (including phenoxy) is 3. The number of nitrogens with zero attached hydrogens (tertiary/aromatic N) is 21. The molecule has 3 aromatic carbocycles. The third-order valence-corrected chi connectivity index (χ3v) is 25.1. The molecule has 0 unspecified atom stereocenters. The molecule has 0 amide bonds. The summed E-state index contributed by atoms with van der Waals surface area (Å²) in [5.41, 5.74) is 57.9. The van der Waals surface area contributed by atoms with E-state index in [4.69, 9.17) is 100 Å². The minimum atomic E-state index is -0.163. The van der Waals surface area contributed by atoms with Crippen LogP contribution in [-0.4, -0.2) is 261 Å². The first-order valence-corrected chi connectivity index (χ1v) is 48.1. The molecule has 146 heavy (non-hydrogen) atoms. The van der Waals surface area contributed by atoms with Crippen molar-refractivity contribution >= 4 is 147 Å². The Labute approximate surface area is 842 Å². The van der Waals surface area contributed by atoms with E-state index in [1.807, 2.05) is 186 Å². The molecule has 750 valence electrons. The quantitative estimate of drug-likeness (QED) is 0.00496. The summed E-state index contributed by atoms with van der Waals surface area (Å²) in [5, 5.41) is 95.0. The van der Waals surface area contributed by atoms with Crippen LogP contribution in [0.1, 0.15) is 24.0 Å². The molecule has 0 radical (unpaired) electrons. The standard InChI is InChI=1S/C33H42N10.C25H30N9.C25H25N7O4.C23H25N7O3/c1-39-16-17-40(24-39)14-6-4-8-25-10-12-26(13-11-25)36-29-23-30(28(35)22-27(29)34)37-32-31-9-5-7-15-42(31)38-33(32)41-18-20-43(2,3)21-19-41;1-34(2)13-11-32(12-14-34)25-24(23-5-3-4-10-33(23)31-25)30-22-16-21(19(27)15-20(22)28)29-18-8-6-17(26)7-9-18;26-18-15-19(27)20(28-23-22-6-2-4-8-32(22)30-25(23)36-12-10-34)14-16(18)13-17-21-5-1-3-7-31(21)29-24(17)35-11-9-33;24-17-13-18(25)20(14-19(17)27-16-6-4-15(5-7-16)26-8-10-31)28-22-21-3-1-2-9-30(21)29-23(22)33-12-11-32/h5,7,9-13,15-17,22-24,34,36H,4,6,8,14,18-21,35H2,1-3H3;3-10,15-16,27,29H,11-14,26,28H2,1-2H3;1-8,14-15,27,33-34H,9-13,26H2;1-7,9,13-14,28,31-32H,8,10-12,24-25H2/q+2;+1;;. The molecule has 0 atom stereocenters. The Morgan fingerprint density at radius 3 is 1.45 bits per heavy atom. The van der Waals surface area contributed by atoms with Gasteiger partial charge in [0.15, 0.2) is 17.3 Å². The number of nitrogens with one attached hydrogen (secondary N) is 6. The number of imidazole rings is 1. The maximum atomic E-state index is 9.22. The van der Waals surface area contributed by atoms with Crippen molar-refractivity contribution in [1.29, 1.82) is 16.2 Å². The van der Waals surface area contributed by atoms with Gasteiger partial charge in [-0.15, -0.1) is 25.5 Å². The molecular formula is C106H122N33O7+3. The number of fused-ring (bicyclic) bond motifs is 5. The number of rotatable bonds is 30. The van der Waals surface area contributed by atoms with Crippen LogP contribution in [0.15, 0.2) is 321 Å². The molecule has 6 aliphatic rings. The molecule has 14 aromatic rings. The van der Waals surface area contributed by atoms with Crippen LogP contribution in [0.3, 0.4) is 0 Å². The summed E-state index contributed by atoms with van der Waals surface area (Å²) in [6.45, 7) is 9.06. The molecule has 20 rings (SSSR count). The summed E-state index contributed by atoms with van der Waals surface area (Å²) in [6.07, 6.45) is 36.9. The number of benzene rings is 3. The van der Waals surface area contributed by atoms with Crippen LogP contribution in [0.2, 0.25) is 0 Å². The summed E-state index contributed by atoms with van der Waals surface area (Å²) in [7, 11) is 11.1. The number of piperazine rings is 2. The van der Waals surface area contributed by atoms with E-state index < -0.39 is 0 Å². The SMILES string of the molecule is C[N+]1(C)CCN(c2nn3ccccc3c2N=C2C=C(Nc3ccc(N)cc3)C(=N)C=C2N)CC1.C[n+]1ccn(CCCCc2ccc(NC3=CC(=Nc4c(N5CC[N+](C)(C)CC5)nn5ccccc45)C(N)=CC3=N)cc2)c1.N=C1C=C(N)C(Cc2c(OCCO)nn3ccccc23)=CC1=Nc1c(OCCO)nn2ccccc12.Nc1cc(N)c(Nc2c(OCCO)nn3ccccc23)cc1N=C1C=CC(=NCCO)C=C1. The molecule has 40 nitrogen and oxygen atoms in total. The van der Waals surface area contributed by atoms with Gasteiger partial charge in [-0.3, -0.25) is 21.2 Å². The normalized spacial score (nSPS) is 16.3. The molecule has 22 N–H and O–H groups in total. The number of hydrogen-bond donors (Lipinski definition) is 16. The van der Waals surface area contributed by atoms with Gasteiger partial charge in [-0.2, -0.15) is 0 Å². The van der Waals surface area contributed by atoms with Gasteiger partial charge >= 0.3 is 0 Å². The van der Waals surface area contributed by atoms with Crippen LogP contribution in [0.5, 0.6) is 17.6 Å². The lowest BCUT2D eigenvalue weighted by atomic mass is 9.95. The fourth-order valence-electron chi connectivity index (χ4n) is 17.0. The Hall–Kier alpha value is -17.4. The number of quaternary nitrogens is 2. The minimum absolute atomic E-state index is 0.00330. The first kappa shape index (κ1) is 100. The first-order chi connectivity index (χ1) is 70.7. The largest absolute Gasteiger partial charge is 0.474 e. The molecule has 11 aromatic heterocycles. The smallest absolute Gasteiger partial charge is 0.260 e. The fraction of sp³-hybridized carbons (Fsp3) is 0.245. The van der Waals surface area contributed by atoms with E-state index in [-0.39, 0.29) is 57.8 Å². The van der Waals surface area contributed by atoms with E-state index >= 15 is 0 Å². The topological polar surface area (TPSA) is 536 Å². The Kier molecular flexibility index (Phi) is 31.0. The molecule has 4 aliphatic carbocycles. The molecule has 2 saturated heterocycles. The van der Waals surface area contributed by atoms with E-state index in [9.17, 15) is 10.2 Å². The number of aryl methyl sites for hydroxylation is 3. The Morgan fingerprint density at radius 1 is 0.445 bits per heavy atom. The summed E-state index contributed by atoms with van der Waals surface area (Å²) in [6, 6.07) is 48.1. The highest BCUT2D eigenvalue weighted by atomic mass is 16.5. The molecule has 0 saturated carbocycles. The molecule has 0 bridgehead atoms. The van der Waals surface area contributed by atoms with Gasteiger partial charge in [0, 0.05) is 65.7 Å². The number of pyridine rings is 5. The molecule has 0 spiro atoms. The van der Waals surface area contributed by atoms with Gasteiger partial charge in [0.25, 0.3) is 11.8 Å². The first-order valence-electron chi connectivity index (χ1n) is 48.1. The van der Waals surface area contributed by atoms with Crippen molar-refractivity contribution in [2.75, 3.05) is 176 Å². The van der Waals surface area contributed by atoms with Gasteiger partial charge < -0.3 is 104 Å². The van der Waals surface area contributed by atoms with Crippen LogP contribution < -0.4 is 78.9 Å². The minimum Gasteiger partial charge on any atom is -0.474 e. The Balaban J connectivity index is 0.000000134. The van der Waals surface area contributed by atoms with Crippen molar-refractivity contribution in [3.8, 4) is 17.6 Å². The zero-order valence-electron chi connectivity index (χ0n) is 82.0. The van der Waals surface area contributed by atoms with Crippen molar-refractivity contribution in [1.82, 2.24) is 52.6 Å². The van der Waals surface area contributed by atoms with Crippen molar-refractivity contribution < 1.29 is 48.2 Å². The van der Waals surface area contributed by atoms with Gasteiger partial charge in [0.2, 0.25) is 12.2 Å². The Morgan fingerprint density at radius 2 is 0.911 bits per heavy atom. The lowest BCUT2D eigenvalue weighted by molar-refractivity contribution is -0.890. The van der Waals surface area contributed by atoms with E-state index in [1.165, 1.54) is 5.56 Å². The van der Waals surface area contributed by atoms with E-state index in [0.29, 0.717) is 133 Å². The van der Waals surface area contributed by atoms with E-state index in [1.54, 1.807) is 62.4 Å². The molecular weight excluding hydrogens is 1850 g/mol. The fourth-order valence-corrected chi connectivity index (χ4v) is 17.0. The average Bonchev–Trinajstić information content (AvgIpc) is 1.62. The van der Waals surface area contributed by atoms with Crippen molar-refractivity contribution in [2.24, 2.45) is 49.2 Å². The number of aliphatic hydroxyl groups is 4. The number of anilines is 9. The maximum Gasteiger partial charge on any atom is 0.260 e. The highest BCUT2D eigenvalue weighted by molar-refractivity contribution is 6.51. The average molecular weight is 1970 g/mol. The second-order valence-corrected chi connectivity index (χ2v) is 36.8. The second-order valence-electron chi connectivity index (χ2n) is 36.8. The number of allylic oxidation sites excluding steroid dienone is 11. The predicted octanol–water partition coefficient (Wildman–Crippen LogP) is 10.7. The number of hydrogen-bond acceptors (Lipinski definition) is 31. The van der Waals surface area contributed by atoms with Crippen LogP contribution >= 0.6 is 0 Å². The third-order valence-electron chi connectivity index (χ3n) is 25.1. The van der Waals surface area contributed by atoms with Crippen molar-refractivity contribution in [3.05, 3.63) is 307 Å². The number of nitrogen functional groups attached to an aromatic ring is 3. The molecule has 2 fully saturated rings. The summed E-state index contributed by atoms with van der Waals surface area (Å²) < 4.78 is 32.0. The van der Waals surface area contributed by atoms with Crippen LogP contribution in [0.25, 0.3) is 27.6 Å². The summed E-state index contributed by atoms with van der Waals surface area (Å²) >= 11 is 0. The highest BCUT2D eigenvalue weighted by Crippen LogP contribution is 2.42. The molecule has 2 aliphatic heterocycles. The number of unbranched alkanes of at least 4 members (excludes halogenated alkanes) is 1. The van der Waals surface area contributed by atoms with Crippen molar-refractivity contribution in [3.63, 3.8) is 0 Å². The van der Waals surface area contributed by atoms with Crippen molar-refractivity contribution in [2.45, 2.75) is 32.2 Å². The Bertz CT molecular complexity index is 7610. The van der Waals surface area contributed by atoms with E-state index in [0.717, 1.165) is 160 Å². The van der Waals surface area contributed by atoms with Crippen LogP contribution in [-0.2, 0) is 26.4 Å². The lowest BCUT2D eigenvalue weighted by Crippen LogP contribution is -2.55. The summed E-state index contributed by atoms with van der Waals surface area (Å²) in [4.78, 5) is 28.3. The molecule has 13 heterocycles.